The zero-order chi connectivity index (χ0) is 42.8. The molecule has 0 aromatic heterocycles. The zero-order valence-electron chi connectivity index (χ0n) is 36.1. The first-order valence-corrected chi connectivity index (χ1v) is 23.8. The number of nitrogens with two attached hydrogens (primary N) is 1. The van der Waals surface area contributed by atoms with E-state index in [-0.39, 0.29) is 19.4 Å². The Labute approximate surface area is 351 Å². The quantitative estimate of drug-likeness (QED) is 0.0231. The molecule has 0 aromatic rings. The molecular weight excluding hydrogens is 757 g/mol. The van der Waals surface area contributed by atoms with E-state index in [0.29, 0.717) is 12.8 Å². The van der Waals surface area contributed by atoms with Gasteiger partial charge in [-0.25, -0.2) is 4.57 Å². The molecule has 0 saturated heterocycles. The summed E-state index contributed by atoms with van der Waals surface area (Å²) < 4.78 is 32.7. The van der Waals surface area contributed by atoms with E-state index in [1.807, 2.05) is 0 Å². The van der Waals surface area contributed by atoms with E-state index in [0.717, 1.165) is 57.8 Å². The number of allylic oxidation sites excluding steroid dienone is 10. The monoisotopic (exact) mass is 838 g/mol. The maximum absolute atomic E-state index is 12.6. The van der Waals surface area contributed by atoms with Gasteiger partial charge in [-0.15, -0.1) is 0 Å². The molecule has 1 unspecified atom stereocenters. The van der Waals surface area contributed by atoms with Crippen LogP contribution in [0.1, 0.15) is 181 Å². The van der Waals surface area contributed by atoms with Crippen LogP contribution in [0, 0.1) is 0 Å². The number of phosphoric ester groups is 1. The van der Waals surface area contributed by atoms with Crippen molar-refractivity contribution in [2.75, 3.05) is 19.8 Å². The number of carbonyl (C=O) groups excluding carboxylic acids is 2. The lowest BCUT2D eigenvalue weighted by molar-refractivity contribution is -0.161. The molecule has 0 aliphatic rings. The predicted octanol–water partition coefficient (Wildman–Crippen LogP) is 12.0. The standard InChI is InChI=1S/C46H80NO10P/c1-3-5-7-9-11-13-15-17-19-20-21-22-24-26-28-30-32-34-36-38-45(49)57-42(40-55-58(52,53)56-41-43(47)46(50)51)39-54-44(48)37-35-33-31-29-27-25-23-18-16-14-12-10-8-6-4-2/h6,8,12,14,17-19,23,27,29,42-43H,3-5,7,9-11,13,15-16,20-22,24-26,28,30-41,47H2,1-2H3,(H,50,51)(H,52,53)/b8-6+,14-12+,19-17+,23-18+,29-27+/t42-,43+/m1/s1. The molecular formula is C46H80NO10P. The number of carboxylic acid groups (broad SMARTS) is 1. The van der Waals surface area contributed by atoms with Gasteiger partial charge in [-0.1, -0.05) is 152 Å². The summed E-state index contributed by atoms with van der Waals surface area (Å²) in [5, 5.41) is 8.89. The van der Waals surface area contributed by atoms with Crippen molar-refractivity contribution in [3.63, 3.8) is 0 Å². The third-order valence-electron chi connectivity index (χ3n) is 9.25. The van der Waals surface area contributed by atoms with Crippen molar-refractivity contribution in [3.05, 3.63) is 60.8 Å². The summed E-state index contributed by atoms with van der Waals surface area (Å²) in [5.41, 5.74) is 5.33. The first kappa shape index (κ1) is 55.2. The highest BCUT2D eigenvalue weighted by molar-refractivity contribution is 7.47. The molecule has 11 nitrogen and oxygen atoms in total. The number of unbranched alkanes of at least 4 members (excludes halogenated alkanes) is 17. The fourth-order valence-electron chi connectivity index (χ4n) is 5.76. The van der Waals surface area contributed by atoms with Gasteiger partial charge in [0, 0.05) is 12.8 Å². The molecule has 0 saturated carbocycles. The fraction of sp³-hybridized carbons (Fsp3) is 0.717. The van der Waals surface area contributed by atoms with E-state index in [1.54, 1.807) is 0 Å². The summed E-state index contributed by atoms with van der Waals surface area (Å²) in [5.74, 6) is -2.44. The van der Waals surface area contributed by atoms with E-state index >= 15 is 0 Å². The zero-order valence-corrected chi connectivity index (χ0v) is 37.0. The summed E-state index contributed by atoms with van der Waals surface area (Å²) >= 11 is 0. The fourth-order valence-corrected chi connectivity index (χ4v) is 6.53. The van der Waals surface area contributed by atoms with Gasteiger partial charge in [0.05, 0.1) is 13.2 Å². The van der Waals surface area contributed by atoms with Crippen LogP contribution < -0.4 is 5.73 Å². The molecule has 0 radical (unpaired) electrons. The predicted molar refractivity (Wildman–Crippen MR) is 235 cm³/mol. The van der Waals surface area contributed by atoms with Gasteiger partial charge in [-0.2, -0.15) is 0 Å². The van der Waals surface area contributed by atoms with Gasteiger partial charge < -0.3 is 25.2 Å². The van der Waals surface area contributed by atoms with Crippen LogP contribution in [-0.2, 0) is 37.5 Å². The van der Waals surface area contributed by atoms with Crippen molar-refractivity contribution >= 4 is 25.7 Å². The Morgan fingerprint density at radius 2 is 0.966 bits per heavy atom. The molecule has 0 heterocycles. The lowest BCUT2D eigenvalue weighted by atomic mass is 10.1. The van der Waals surface area contributed by atoms with Gasteiger partial charge >= 0.3 is 25.7 Å². The molecule has 0 fully saturated rings. The molecule has 0 aliphatic heterocycles. The highest BCUT2D eigenvalue weighted by Gasteiger charge is 2.28. The number of carboxylic acids is 1. The maximum Gasteiger partial charge on any atom is 0.472 e. The number of ether oxygens (including phenoxy) is 2. The van der Waals surface area contributed by atoms with Crippen molar-refractivity contribution in [2.24, 2.45) is 5.73 Å². The molecule has 0 rings (SSSR count). The van der Waals surface area contributed by atoms with Gasteiger partial charge in [-0.05, 0) is 77.0 Å². The summed E-state index contributed by atoms with van der Waals surface area (Å²) in [7, 11) is -4.73. The molecule has 0 bridgehead atoms. The van der Waals surface area contributed by atoms with E-state index in [1.165, 1.54) is 83.5 Å². The lowest BCUT2D eigenvalue weighted by Crippen LogP contribution is -2.34. The molecule has 334 valence electrons. The average molecular weight is 838 g/mol. The Kier molecular flexibility index (Phi) is 38.9. The topological polar surface area (TPSA) is 172 Å². The average Bonchev–Trinajstić information content (AvgIpc) is 3.20. The second-order valence-corrected chi connectivity index (χ2v) is 16.2. The number of hydrogen-bond acceptors (Lipinski definition) is 9. The van der Waals surface area contributed by atoms with Crippen molar-refractivity contribution in [3.8, 4) is 0 Å². The van der Waals surface area contributed by atoms with E-state index in [9.17, 15) is 23.8 Å². The largest absolute Gasteiger partial charge is 0.480 e. The summed E-state index contributed by atoms with van der Waals surface area (Å²) in [4.78, 5) is 46.0. The smallest absolute Gasteiger partial charge is 0.472 e. The second-order valence-electron chi connectivity index (χ2n) is 14.8. The van der Waals surface area contributed by atoms with Crippen LogP contribution in [0.4, 0.5) is 0 Å². The first-order chi connectivity index (χ1) is 28.1. The SMILES string of the molecule is CC/C=C/C/C=C/C/C=C/C/C=C/CCCCC(=O)OC[C@H](COP(=O)(O)OC[C@H](N)C(=O)O)OC(=O)CCCCCCCCCCC/C=C/CCCCCCCC. The third-order valence-corrected chi connectivity index (χ3v) is 10.2. The molecule has 0 amide bonds. The summed E-state index contributed by atoms with van der Waals surface area (Å²) in [6.07, 6.45) is 47.2. The van der Waals surface area contributed by atoms with Crippen LogP contribution >= 0.6 is 7.82 Å². The van der Waals surface area contributed by atoms with Crippen LogP contribution in [0.15, 0.2) is 60.8 Å². The maximum atomic E-state index is 12.6. The number of aliphatic carboxylic acids is 1. The van der Waals surface area contributed by atoms with Gasteiger partial charge in [-0.3, -0.25) is 23.4 Å². The Balaban J connectivity index is 4.39. The van der Waals surface area contributed by atoms with Gasteiger partial charge in [0.25, 0.3) is 0 Å². The Hall–Kier alpha value is -2.82. The number of carbonyl (C=O) groups is 3. The minimum absolute atomic E-state index is 0.148. The van der Waals surface area contributed by atoms with Gasteiger partial charge in [0.1, 0.15) is 12.6 Å². The Morgan fingerprint density at radius 3 is 1.50 bits per heavy atom. The van der Waals surface area contributed by atoms with E-state index in [4.69, 9.17) is 24.8 Å². The highest BCUT2D eigenvalue weighted by atomic mass is 31.2. The van der Waals surface area contributed by atoms with Crippen LogP contribution in [0.25, 0.3) is 0 Å². The van der Waals surface area contributed by atoms with Crippen LogP contribution in [0.2, 0.25) is 0 Å². The summed E-state index contributed by atoms with van der Waals surface area (Å²) in [6, 6.07) is -1.53. The molecule has 12 heteroatoms. The molecule has 0 spiro atoms. The van der Waals surface area contributed by atoms with Gasteiger partial charge in [0.2, 0.25) is 0 Å². The van der Waals surface area contributed by atoms with Crippen molar-refractivity contribution in [1.82, 2.24) is 0 Å². The number of hydrogen-bond donors (Lipinski definition) is 3. The number of rotatable bonds is 41. The second kappa shape index (κ2) is 40.9. The molecule has 0 aliphatic carbocycles. The normalized spacial score (nSPS) is 14.3. The highest BCUT2D eigenvalue weighted by Crippen LogP contribution is 2.43. The Morgan fingerprint density at radius 1 is 0.552 bits per heavy atom. The first-order valence-electron chi connectivity index (χ1n) is 22.3. The number of phosphoric acid groups is 1. The molecule has 3 atom stereocenters. The van der Waals surface area contributed by atoms with Crippen molar-refractivity contribution < 1.29 is 47.5 Å². The molecule has 4 N–H and O–H groups in total. The van der Waals surface area contributed by atoms with Crippen LogP contribution in [0.5, 0.6) is 0 Å². The molecule has 0 aromatic carbocycles. The number of esters is 2. The van der Waals surface area contributed by atoms with E-state index in [2.05, 4.69) is 79.1 Å². The third kappa shape index (κ3) is 40.0. The van der Waals surface area contributed by atoms with Crippen molar-refractivity contribution in [1.29, 1.82) is 0 Å². The Bertz CT molecular complexity index is 1210. The van der Waals surface area contributed by atoms with Crippen LogP contribution in [0.3, 0.4) is 0 Å². The molecule has 58 heavy (non-hydrogen) atoms. The van der Waals surface area contributed by atoms with Crippen LogP contribution in [-0.4, -0.2) is 59.9 Å². The van der Waals surface area contributed by atoms with E-state index < -0.39 is 51.1 Å². The lowest BCUT2D eigenvalue weighted by Gasteiger charge is -2.20. The van der Waals surface area contributed by atoms with Gasteiger partial charge in [0.15, 0.2) is 6.10 Å². The minimum atomic E-state index is -4.73. The summed E-state index contributed by atoms with van der Waals surface area (Å²) in [6.45, 7) is 2.64. The minimum Gasteiger partial charge on any atom is -0.480 e. The van der Waals surface area contributed by atoms with Crippen molar-refractivity contribution in [2.45, 2.75) is 193 Å².